The first kappa shape index (κ1) is 14.5. The monoisotopic (exact) mass is 285 g/mol. The van der Waals surface area contributed by atoms with E-state index in [1.807, 2.05) is 13.0 Å². The summed E-state index contributed by atoms with van der Waals surface area (Å²) in [5, 5.41) is 0.467. The molecular formula is C13H20ClN3O2. The molecule has 6 heteroatoms. The van der Waals surface area contributed by atoms with Gasteiger partial charge in [0.05, 0.1) is 6.61 Å². The van der Waals surface area contributed by atoms with Crippen LogP contribution in [0.3, 0.4) is 0 Å². The zero-order chi connectivity index (χ0) is 13.7. The van der Waals surface area contributed by atoms with Crippen LogP contribution in [0.15, 0.2) is 6.07 Å². The van der Waals surface area contributed by atoms with Crippen LogP contribution in [0.5, 0.6) is 0 Å². The summed E-state index contributed by atoms with van der Waals surface area (Å²) >= 11 is 6.05. The third-order valence-corrected chi connectivity index (χ3v) is 3.37. The van der Waals surface area contributed by atoms with E-state index in [9.17, 15) is 0 Å². The summed E-state index contributed by atoms with van der Waals surface area (Å²) in [6.45, 7) is 5.72. The minimum Gasteiger partial charge on any atom is -0.384 e. The summed E-state index contributed by atoms with van der Waals surface area (Å²) in [6.07, 6.45) is 1.12. The van der Waals surface area contributed by atoms with E-state index in [-0.39, 0.29) is 0 Å². The van der Waals surface area contributed by atoms with Crippen molar-refractivity contribution >= 4 is 17.4 Å². The fourth-order valence-corrected chi connectivity index (χ4v) is 2.48. The highest BCUT2D eigenvalue weighted by molar-refractivity contribution is 6.29. The Kier molecular flexibility index (Phi) is 5.36. The number of methoxy groups -OCH3 is 1. The maximum Gasteiger partial charge on any atom is 0.158 e. The van der Waals surface area contributed by atoms with Crippen molar-refractivity contribution in [2.45, 2.75) is 20.0 Å². The smallest absolute Gasteiger partial charge is 0.158 e. The molecule has 0 aliphatic carbocycles. The van der Waals surface area contributed by atoms with Gasteiger partial charge in [-0.2, -0.15) is 0 Å². The molecule has 106 valence electrons. The second-order valence-corrected chi connectivity index (χ2v) is 5.05. The van der Waals surface area contributed by atoms with Crippen LogP contribution in [-0.2, 0) is 16.1 Å². The second-order valence-electron chi connectivity index (χ2n) is 4.66. The van der Waals surface area contributed by atoms with Crippen LogP contribution in [0.4, 0.5) is 5.82 Å². The van der Waals surface area contributed by atoms with Gasteiger partial charge in [0.25, 0.3) is 0 Å². The third-order valence-electron chi connectivity index (χ3n) is 3.18. The fourth-order valence-electron chi connectivity index (χ4n) is 2.28. The molecule has 1 unspecified atom stereocenters. The van der Waals surface area contributed by atoms with Gasteiger partial charge in [0.1, 0.15) is 17.6 Å². The van der Waals surface area contributed by atoms with E-state index in [1.165, 1.54) is 0 Å². The van der Waals surface area contributed by atoms with Gasteiger partial charge in [0, 0.05) is 38.8 Å². The highest BCUT2D eigenvalue weighted by atomic mass is 35.5. The van der Waals surface area contributed by atoms with Gasteiger partial charge in [-0.05, 0) is 13.3 Å². The largest absolute Gasteiger partial charge is 0.384 e. The van der Waals surface area contributed by atoms with Crippen molar-refractivity contribution in [3.05, 3.63) is 17.0 Å². The molecule has 2 rings (SSSR count). The molecule has 0 amide bonds. The van der Waals surface area contributed by atoms with E-state index in [2.05, 4.69) is 14.9 Å². The highest BCUT2D eigenvalue weighted by Crippen LogP contribution is 2.24. The fraction of sp³-hybridized carbons (Fsp3) is 0.692. The molecule has 1 atom stereocenters. The van der Waals surface area contributed by atoms with Gasteiger partial charge >= 0.3 is 0 Å². The number of anilines is 1. The van der Waals surface area contributed by atoms with E-state index >= 15 is 0 Å². The van der Waals surface area contributed by atoms with Gasteiger partial charge in [0.2, 0.25) is 0 Å². The number of hydrogen-bond acceptors (Lipinski definition) is 5. The zero-order valence-corrected chi connectivity index (χ0v) is 12.2. The van der Waals surface area contributed by atoms with Crippen molar-refractivity contribution < 1.29 is 9.47 Å². The minimum atomic E-state index is 0.402. The van der Waals surface area contributed by atoms with E-state index in [0.29, 0.717) is 30.1 Å². The molecule has 0 saturated carbocycles. The maximum absolute atomic E-state index is 6.05. The molecule has 2 heterocycles. The summed E-state index contributed by atoms with van der Waals surface area (Å²) in [5.41, 5.74) is 0. The quantitative estimate of drug-likeness (QED) is 0.750. The number of nitrogens with zero attached hydrogens (tertiary/aromatic N) is 3. The predicted molar refractivity (Wildman–Crippen MR) is 74.6 cm³/mol. The summed E-state index contributed by atoms with van der Waals surface area (Å²) in [5.74, 6) is 2.09. The lowest BCUT2D eigenvalue weighted by molar-refractivity contribution is 0.128. The van der Waals surface area contributed by atoms with Gasteiger partial charge in [-0.15, -0.1) is 0 Å². The molecule has 0 radical (unpaired) electrons. The summed E-state index contributed by atoms with van der Waals surface area (Å²) in [6, 6.07) is 1.81. The molecule has 5 nitrogen and oxygen atoms in total. The maximum atomic E-state index is 6.05. The van der Waals surface area contributed by atoms with Gasteiger partial charge < -0.3 is 14.4 Å². The molecule has 0 N–H and O–H groups in total. The topological polar surface area (TPSA) is 47.5 Å². The molecule has 19 heavy (non-hydrogen) atoms. The van der Waals surface area contributed by atoms with E-state index < -0.39 is 0 Å². The third kappa shape index (κ3) is 4.03. The molecule has 1 fully saturated rings. The van der Waals surface area contributed by atoms with Crippen LogP contribution in [-0.4, -0.2) is 43.4 Å². The molecule has 0 spiro atoms. The molecule has 0 aromatic carbocycles. The summed E-state index contributed by atoms with van der Waals surface area (Å²) in [7, 11) is 1.74. The normalized spacial score (nSPS) is 19.1. The Morgan fingerprint density at radius 1 is 1.47 bits per heavy atom. The Bertz CT molecular complexity index is 417. The average Bonchev–Trinajstić information content (AvgIpc) is 2.85. The van der Waals surface area contributed by atoms with E-state index in [0.717, 1.165) is 31.9 Å². The Hall–Kier alpha value is -0.910. The second kappa shape index (κ2) is 7.03. The molecule has 1 saturated heterocycles. The Labute approximate surface area is 118 Å². The first-order valence-corrected chi connectivity index (χ1v) is 6.95. The Morgan fingerprint density at radius 2 is 2.32 bits per heavy atom. The van der Waals surface area contributed by atoms with Gasteiger partial charge in [-0.3, -0.25) is 0 Å². The standard InChI is InChI=1S/C13H20ClN3O2/c1-3-19-9-12-15-11(14)6-13(16-12)17-5-4-10(7-17)8-18-2/h6,10H,3-5,7-9H2,1-2H3. The molecular weight excluding hydrogens is 266 g/mol. The van der Waals surface area contributed by atoms with Crippen LogP contribution < -0.4 is 4.90 Å². The van der Waals surface area contributed by atoms with E-state index in [1.54, 1.807) is 7.11 Å². The van der Waals surface area contributed by atoms with Crippen molar-refractivity contribution in [2.75, 3.05) is 38.3 Å². The summed E-state index contributed by atoms with van der Waals surface area (Å²) < 4.78 is 10.5. The Morgan fingerprint density at radius 3 is 3.05 bits per heavy atom. The lowest BCUT2D eigenvalue weighted by atomic mass is 10.1. The SMILES string of the molecule is CCOCc1nc(Cl)cc(N2CCC(COC)C2)n1. The molecule has 0 bridgehead atoms. The average molecular weight is 286 g/mol. The first-order valence-electron chi connectivity index (χ1n) is 6.58. The summed E-state index contributed by atoms with van der Waals surface area (Å²) in [4.78, 5) is 10.9. The van der Waals surface area contributed by atoms with Crippen molar-refractivity contribution in [1.82, 2.24) is 9.97 Å². The van der Waals surface area contributed by atoms with Gasteiger partial charge in [-0.1, -0.05) is 11.6 Å². The van der Waals surface area contributed by atoms with Gasteiger partial charge in [0.15, 0.2) is 5.82 Å². The number of hydrogen-bond donors (Lipinski definition) is 0. The molecule has 1 aromatic rings. The van der Waals surface area contributed by atoms with Crippen LogP contribution in [0.2, 0.25) is 5.15 Å². The van der Waals surface area contributed by atoms with Crippen LogP contribution in [0.1, 0.15) is 19.2 Å². The van der Waals surface area contributed by atoms with Crippen LogP contribution in [0.25, 0.3) is 0 Å². The van der Waals surface area contributed by atoms with Crippen molar-refractivity contribution in [3.8, 4) is 0 Å². The van der Waals surface area contributed by atoms with Gasteiger partial charge in [-0.25, -0.2) is 9.97 Å². The lowest BCUT2D eigenvalue weighted by Gasteiger charge is -2.18. The molecule has 1 aliphatic heterocycles. The van der Waals surface area contributed by atoms with Crippen molar-refractivity contribution in [1.29, 1.82) is 0 Å². The van der Waals surface area contributed by atoms with Crippen LogP contribution in [0, 0.1) is 5.92 Å². The predicted octanol–water partition coefficient (Wildman–Crippen LogP) is 2.14. The van der Waals surface area contributed by atoms with E-state index in [4.69, 9.17) is 21.1 Å². The number of ether oxygens (including phenoxy) is 2. The number of aromatic nitrogens is 2. The van der Waals surface area contributed by atoms with Crippen LogP contribution >= 0.6 is 11.6 Å². The number of rotatable bonds is 6. The first-order chi connectivity index (χ1) is 9.22. The Balaban J connectivity index is 2.05. The zero-order valence-electron chi connectivity index (χ0n) is 11.4. The number of halogens is 1. The lowest BCUT2D eigenvalue weighted by Crippen LogP contribution is -2.22. The van der Waals surface area contributed by atoms with Crippen molar-refractivity contribution in [2.24, 2.45) is 5.92 Å². The molecule has 1 aromatic heterocycles. The highest BCUT2D eigenvalue weighted by Gasteiger charge is 2.24. The minimum absolute atomic E-state index is 0.402. The van der Waals surface area contributed by atoms with Crippen molar-refractivity contribution in [3.63, 3.8) is 0 Å². The molecule has 1 aliphatic rings.